The molecule has 3 heteroatoms. The van der Waals surface area contributed by atoms with Crippen molar-refractivity contribution in [2.45, 2.75) is 13.0 Å². The Morgan fingerprint density at radius 1 is 1.47 bits per heavy atom. The predicted octanol–water partition coefficient (Wildman–Crippen LogP) is 3.00. The van der Waals surface area contributed by atoms with E-state index in [-0.39, 0.29) is 5.97 Å². The Labute approximate surface area is 93.5 Å². The molecule has 0 aliphatic carbocycles. The maximum Gasteiger partial charge on any atom is 0.338 e. The van der Waals surface area contributed by atoms with Crippen molar-refractivity contribution in [2.75, 3.05) is 5.88 Å². The van der Waals surface area contributed by atoms with E-state index < -0.39 is 0 Å². The molecule has 2 nitrogen and oxygen atoms in total. The fraction of sp³-hybridized carbons (Fsp3) is 0.250. The van der Waals surface area contributed by atoms with Crippen LogP contribution < -0.4 is 0 Å². The first-order valence-electron chi connectivity index (χ1n) is 4.84. The van der Waals surface area contributed by atoms with Crippen molar-refractivity contribution in [3.63, 3.8) is 0 Å². The van der Waals surface area contributed by atoms with E-state index in [1.165, 1.54) is 0 Å². The average Bonchev–Trinajstić information content (AvgIpc) is 2.61. The Hall–Kier alpha value is -1.28. The largest absolute Gasteiger partial charge is 0.457 e. The second kappa shape index (κ2) is 4.49. The molecule has 0 spiro atoms. The van der Waals surface area contributed by atoms with Crippen molar-refractivity contribution >= 4 is 23.6 Å². The van der Waals surface area contributed by atoms with E-state index in [9.17, 15) is 4.79 Å². The molecule has 1 aliphatic heterocycles. The quantitative estimate of drug-likeness (QED) is 0.581. The maximum atomic E-state index is 11.2. The fourth-order valence-corrected chi connectivity index (χ4v) is 1.67. The van der Waals surface area contributed by atoms with Gasteiger partial charge in [0.1, 0.15) is 6.61 Å². The number of ether oxygens (including phenoxy) is 1. The Kier molecular flexibility index (Phi) is 3.07. The number of carbonyl (C=O) groups excluding carboxylic acids is 1. The van der Waals surface area contributed by atoms with Crippen LogP contribution in [0.15, 0.2) is 24.3 Å². The van der Waals surface area contributed by atoms with Crippen LogP contribution >= 0.6 is 11.6 Å². The number of esters is 1. The summed E-state index contributed by atoms with van der Waals surface area (Å²) in [4.78, 5) is 11.2. The third-order valence-electron chi connectivity index (χ3n) is 2.29. The number of alkyl halides is 1. The molecule has 0 saturated heterocycles. The fourth-order valence-electron chi connectivity index (χ4n) is 1.54. The van der Waals surface area contributed by atoms with Crippen LogP contribution in [-0.4, -0.2) is 11.8 Å². The van der Waals surface area contributed by atoms with Gasteiger partial charge in [-0.1, -0.05) is 18.2 Å². The summed E-state index contributed by atoms with van der Waals surface area (Å²) in [6, 6.07) is 5.70. The molecule has 0 aromatic heterocycles. The molecular weight excluding hydrogens is 212 g/mol. The number of rotatable bonds is 3. The van der Waals surface area contributed by atoms with Gasteiger partial charge in [-0.15, -0.1) is 11.6 Å². The lowest BCUT2D eigenvalue weighted by atomic mass is 10.1. The minimum Gasteiger partial charge on any atom is -0.457 e. The summed E-state index contributed by atoms with van der Waals surface area (Å²) in [5.41, 5.74) is 2.73. The zero-order valence-electron chi connectivity index (χ0n) is 8.20. The second-order valence-corrected chi connectivity index (χ2v) is 3.75. The number of hydrogen-bond acceptors (Lipinski definition) is 2. The number of fused-ring (bicyclic) bond motifs is 1. The smallest absolute Gasteiger partial charge is 0.338 e. The molecule has 0 bridgehead atoms. The first kappa shape index (κ1) is 10.2. The highest BCUT2D eigenvalue weighted by molar-refractivity contribution is 6.17. The molecule has 2 rings (SSSR count). The first-order valence-corrected chi connectivity index (χ1v) is 5.37. The summed E-state index contributed by atoms with van der Waals surface area (Å²) >= 11 is 5.56. The van der Waals surface area contributed by atoms with E-state index in [4.69, 9.17) is 16.3 Å². The van der Waals surface area contributed by atoms with Crippen molar-refractivity contribution in [1.29, 1.82) is 0 Å². The van der Waals surface area contributed by atoms with Gasteiger partial charge in [0.2, 0.25) is 0 Å². The van der Waals surface area contributed by atoms with Crippen molar-refractivity contribution in [3.8, 4) is 0 Å². The lowest BCUT2D eigenvalue weighted by molar-refractivity contribution is 0.0535. The highest BCUT2D eigenvalue weighted by Gasteiger charge is 2.20. The third-order valence-corrected chi connectivity index (χ3v) is 2.51. The molecule has 0 atom stereocenters. The van der Waals surface area contributed by atoms with E-state index in [1.807, 2.05) is 30.4 Å². The number of carbonyl (C=O) groups is 1. The molecule has 1 aliphatic rings. The minimum absolute atomic E-state index is 0.221. The van der Waals surface area contributed by atoms with Crippen molar-refractivity contribution in [1.82, 2.24) is 0 Å². The molecule has 0 unspecified atom stereocenters. The van der Waals surface area contributed by atoms with E-state index in [1.54, 1.807) is 0 Å². The Bertz CT molecular complexity index is 410. The van der Waals surface area contributed by atoms with Gasteiger partial charge in [-0.2, -0.15) is 0 Å². The number of hydrogen-bond donors (Lipinski definition) is 0. The molecule has 1 heterocycles. The molecule has 0 amide bonds. The van der Waals surface area contributed by atoms with Crippen LogP contribution in [0.2, 0.25) is 0 Å². The molecule has 0 N–H and O–H groups in total. The zero-order chi connectivity index (χ0) is 10.7. The number of benzene rings is 1. The van der Waals surface area contributed by atoms with E-state index in [0.717, 1.165) is 17.5 Å². The van der Waals surface area contributed by atoms with Gasteiger partial charge in [0.25, 0.3) is 0 Å². The summed E-state index contributed by atoms with van der Waals surface area (Å²) < 4.78 is 4.92. The van der Waals surface area contributed by atoms with Crippen molar-refractivity contribution < 1.29 is 9.53 Å². The van der Waals surface area contributed by atoms with E-state index >= 15 is 0 Å². The van der Waals surface area contributed by atoms with Gasteiger partial charge >= 0.3 is 5.97 Å². The van der Waals surface area contributed by atoms with E-state index in [0.29, 0.717) is 18.1 Å². The maximum absolute atomic E-state index is 11.2. The Morgan fingerprint density at radius 3 is 3.13 bits per heavy atom. The summed E-state index contributed by atoms with van der Waals surface area (Å²) in [6.45, 7) is 0.394. The van der Waals surface area contributed by atoms with E-state index in [2.05, 4.69) is 0 Å². The van der Waals surface area contributed by atoms with Gasteiger partial charge in [-0.3, -0.25) is 0 Å². The Balaban J connectivity index is 2.19. The molecule has 15 heavy (non-hydrogen) atoms. The SMILES string of the molecule is O=C1OCc2cc(C=CCCCl)ccc21. The summed E-state index contributed by atoms with van der Waals surface area (Å²) in [7, 11) is 0. The minimum atomic E-state index is -0.221. The Morgan fingerprint density at radius 2 is 2.33 bits per heavy atom. The summed E-state index contributed by atoms with van der Waals surface area (Å²) in [5.74, 6) is 0.407. The highest BCUT2D eigenvalue weighted by atomic mass is 35.5. The van der Waals surface area contributed by atoms with Crippen LogP contribution in [0, 0.1) is 0 Å². The topological polar surface area (TPSA) is 26.3 Å². The lowest BCUT2D eigenvalue weighted by Gasteiger charge is -1.96. The van der Waals surface area contributed by atoms with Crippen LogP contribution in [0.5, 0.6) is 0 Å². The highest BCUT2D eigenvalue weighted by Crippen LogP contribution is 2.21. The van der Waals surface area contributed by atoms with Crippen LogP contribution in [0.25, 0.3) is 6.08 Å². The van der Waals surface area contributed by atoms with Gasteiger partial charge in [0, 0.05) is 11.4 Å². The summed E-state index contributed by atoms with van der Waals surface area (Å²) in [5, 5.41) is 0. The monoisotopic (exact) mass is 222 g/mol. The molecule has 0 fully saturated rings. The molecule has 1 aromatic carbocycles. The predicted molar refractivity (Wildman–Crippen MR) is 59.9 cm³/mol. The molecular formula is C12H11ClO2. The number of allylic oxidation sites excluding steroid dienone is 1. The van der Waals surface area contributed by atoms with Gasteiger partial charge < -0.3 is 4.74 Å². The molecule has 0 radical (unpaired) electrons. The van der Waals surface area contributed by atoms with Gasteiger partial charge in [0.05, 0.1) is 5.56 Å². The molecule has 78 valence electrons. The van der Waals surface area contributed by atoms with Gasteiger partial charge in [-0.25, -0.2) is 4.79 Å². The standard InChI is InChI=1S/C12H11ClO2/c13-6-2-1-3-9-4-5-11-10(7-9)8-15-12(11)14/h1,3-5,7H,2,6,8H2. The lowest BCUT2D eigenvalue weighted by Crippen LogP contribution is -1.92. The second-order valence-electron chi connectivity index (χ2n) is 3.37. The first-order chi connectivity index (χ1) is 7.31. The van der Waals surface area contributed by atoms with Crippen LogP contribution in [0.3, 0.4) is 0 Å². The van der Waals surface area contributed by atoms with Gasteiger partial charge in [0.15, 0.2) is 0 Å². The number of cyclic esters (lactones) is 1. The van der Waals surface area contributed by atoms with Crippen molar-refractivity contribution in [2.24, 2.45) is 0 Å². The molecule has 1 aromatic rings. The van der Waals surface area contributed by atoms with Crippen LogP contribution in [0.4, 0.5) is 0 Å². The summed E-state index contributed by atoms with van der Waals surface area (Å²) in [6.07, 6.45) is 4.88. The van der Waals surface area contributed by atoms with Gasteiger partial charge in [-0.05, 0) is 24.1 Å². The zero-order valence-corrected chi connectivity index (χ0v) is 8.96. The van der Waals surface area contributed by atoms with Crippen LogP contribution in [-0.2, 0) is 11.3 Å². The molecule has 0 saturated carbocycles. The normalized spacial score (nSPS) is 14.3. The van der Waals surface area contributed by atoms with Crippen LogP contribution in [0.1, 0.15) is 27.9 Å². The van der Waals surface area contributed by atoms with Crippen molar-refractivity contribution in [3.05, 3.63) is 41.0 Å². The average molecular weight is 223 g/mol. The number of halogens is 1. The third kappa shape index (κ3) is 2.21.